The predicted octanol–water partition coefficient (Wildman–Crippen LogP) is 2.81. The lowest BCUT2D eigenvalue weighted by Gasteiger charge is -2.22. The molecule has 0 saturated carbocycles. The number of aliphatic hydroxyl groups excluding tert-OH is 1. The number of benzene rings is 1. The number of hydrogen-bond donors (Lipinski definition) is 1. The number of hydrogen-bond acceptors (Lipinski definition) is 3. The van der Waals surface area contributed by atoms with Crippen molar-refractivity contribution < 1.29 is 18.7 Å². The highest BCUT2D eigenvalue weighted by Gasteiger charge is 2.47. The molecule has 1 N–H and O–H groups in total. The molecule has 2 aromatic rings. The highest BCUT2D eigenvalue weighted by atomic mass is 19.3. The molecule has 0 bridgehead atoms. The number of rotatable bonds is 3. The maximum atomic E-state index is 13.7. The second kappa shape index (κ2) is 6.54. The average Bonchev–Trinajstić information content (AvgIpc) is 3.09. The summed E-state index contributed by atoms with van der Waals surface area (Å²) < 4.78 is 29.2. The maximum Gasteiger partial charge on any atom is 0.267 e. The van der Waals surface area contributed by atoms with Crippen LogP contribution in [0.25, 0.3) is 5.69 Å². The molecule has 1 aromatic carbocycles. The summed E-state index contributed by atoms with van der Waals surface area (Å²) in [5.74, 6) is -3.49. The molecule has 1 amide bonds. The van der Waals surface area contributed by atoms with Crippen LogP contribution in [0.4, 0.5) is 8.78 Å². The zero-order valence-corrected chi connectivity index (χ0v) is 14.5. The van der Waals surface area contributed by atoms with Crippen molar-refractivity contribution in [1.29, 1.82) is 5.26 Å². The third kappa shape index (κ3) is 3.08. The van der Waals surface area contributed by atoms with Crippen molar-refractivity contribution in [2.45, 2.75) is 32.2 Å². The molecule has 1 unspecified atom stereocenters. The molecule has 1 aliphatic rings. The summed E-state index contributed by atoms with van der Waals surface area (Å²) in [5.41, 5.74) is 3.05. The topological polar surface area (TPSA) is 69.3 Å². The van der Waals surface area contributed by atoms with E-state index >= 15 is 0 Å². The van der Waals surface area contributed by atoms with Gasteiger partial charge in [0.2, 0.25) is 0 Å². The van der Waals surface area contributed by atoms with Crippen LogP contribution in [0.1, 0.15) is 33.7 Å². The number of carbonyl (C=O) groups excluding carboxylic acids is 1. The number of carbonyl (C=O) groups is 1. The van der Waals surface area contributed by atoms with Crippen molar-refractivity contribution in [3.63, 3.8) is 0 Å². The third-order valence-electron chi connectivity index (χ3n) is 4.76. The van der Waals surface area contributed by atoms with Gasteiger partial charge in [-0.1, -0.05) is 0 Å². The van der Waals surface area contributed by atoms with E-state index in [1.54, 1.807) is 37.3 Å². The first-order valence-corrected chi connectivity index (χ1v) is 8.26. The summed E-state index contributed by atoms with van der Waals surface area (Å²) in [6.45, 7) is 2.40. The molecule has 1 fully saturated rings. The van der Waals surface area contributed by atoms with Gasteiger partial charge in [-0.3, -0.25) is 4.79 Å². The highest BCUT2D eigenvalue weighted by Crippen LogP contribution is 2.34. The van der Waals surface area contributed by atoms with Gasteiger partial charge in [0.25, 0.3) is 11.8 Å². The lowest BCUT2D eigenvalue weighted by atomic mass is 10.1. The summed E-state index contributed by atoms with van der Waals surface area (Å²) in [5, 5.41) is 18.3. The molecular formula is C19H19F2N3O2. The molecule has 1 aromatic heterocycles. The molecule has 1 aliphatic heterocycles. The third-order valence-corrected chi connectivity index (χ3v) is 4.76. The molecule has 0 aliphatic carbocycles. The van der Waals surface area contributed by atoms with E-state index in [2.05, 4.69) is 0 Å². The predicted molar refractivity (Wildman–Crippen MR) is 91.4 cm³/mol. The Morgan fingerprint density at radius 1 is 1.35 bits per heavy atom. The van der Waals surface area contributed by atoms with E-state index in [-0.39, 0.29) is 0 Å². The van der Waals surface area contributed by atoms with Crippen LogP contribution < -0.4 is 0 Å². The highest BCUT2D eigenvalue weighted by molar-refractivity contribution is 5.96. The van der Waals surface area contributed by atoms with E-state index in [1.807, 2.05) is 17.6 Å². The molecule has 5 nitrogen and oxygen atoms in total. The van der Waals surface area contributed by atoms with Gasteiger partial charge in [-0.25, -0.2) is 8.78 Å². The van der Waals surface area contributed by atoms with Crippen molar-refractivity contribution in [1.82, 2.24) is 9.47 Å². The normalized spacial score (nSPS) is 18.8. The number of amides is 1. The van der Waals surface area contributed by atoms with Crippen molar-refractivity contribution >= 4 is 5.91 Å². The van der Waals surface area contributed by atoms with E-state index in [9.17, 15) is 18.7 Å². The second-order valence-electron chi connectivity index (χ2n) is 6.61. The number of aromatic nitrogens is 1. The fourth-order valence-electron chi connectivity index (χ4n) is 3.51. The minimum atomic E-state index is -2.98. The zero-order chi connectivity index (χ0) is 19.1. The fraction of sp³-hybridized carbons (Fsp3) is 0.368. The first-order valence-electron chi connectivity index (χ1n) is 8.26. The molecule has 0 radical (unpaired) electrons. The number of likely N-dealkylation sites (tertiary alicyclic amines) is 1. The molecule has 0 spiro atoms. The van der Waals surface area contributed by atoms with Crippen LogP contribution in [0.3, 0.4) is 0 Å². The van der Waals surface area contributed by atoms with E-state index in [4.69, 9.17) is 5.26 Å². The van der Waals surface area contributed by atoms with Gasteiger partial charge < -0.3 is 14.6 Å². The molecule has 26 heavy (non-hydrogen) atoms. The minimum Gasteiger partial charge on any atom is -0.394 e. The summed E-state index contributed by atoms with van der Waals surface area (Å²) in [7, 11) is 0. The molecular weight excluding hydrogens is 340 g/mol. The standard InChI is InChI=1S/C19H19F2N3O2/c1-12-7-17(18(26)23-11-19(20,21)8-16(23)10-25)13(2)24(12)15-5-3-14(9-22)4-6-15/h3-7,16,25H,8,10-11H2,1-2H3. The molecule has 2 heterocycles. The largest absolute Gasteiger partial charge is 0.394 e. The number of nitrogens with zero attached hydrogens (tertiary/aromatic N) is 3. The SMILES string of the molecule is Cc1cc(C(=O)N2CC(F)(F)CC2CO)c(C)n1-c1ccc(C#N)cc1. The van der Waals surface area contributed by atoms with Gasteiger partial charge in [0.15, 0.2) is 0 Å². The average molecular weight is 359 g/mol. The van der Waals surface area contributed by atoms with Gasteiger partial charge >= 0.3 is 0 Å². The van der Waals surface area contributed by atoms with Crippen molar-refractivity contribution in [3.8, 4) is 11.8 Å². The monoisotopic (exact) mass is 359 g/mol. The van der Waals surface area contributed by atoms with Gasteiger partial charge in [0, 0.05) is 23.5 Å². The number of aryl methyl sites for hydroxylation is 1. The van der Waals surface area contributed by atoms with Gasteiger partial charge in [-0.2, -0.15) is 5.26 Å². The van der Waals surface area contributed by atoms with Crippen LogP contribution >= 0.6 is 0 Å². The number of aliphatic hydroxyl groups is 1. The van der Waals surface area contributed by atoms with Crippen LogP contribution in [0.15, 0.2) is 30.3 Å². The Kier molecular flexibility index (Phi) is 4.55. The Labute approximate surface area is 150 Å². The minimum absolute atomic E-state index is 0.336. The van der Waals surface area contributed by atoms with E-state index in [0.717, 1.165) is 16.3 Å². The van der Waals surface area contributed by atoms with Crippen LogP contribution in [0.2, 0.25) is 0 Å². The van der Waals surface area contributed by atoms with Gasteiger partial charge in [0.1, 0.15) is 0 Å². The summed E-state index contributed by atoms with van der Waals surface area (Å²) in [4.78, 5) is 13.9. The Balaban J connectivity index is 1.97. The van der Waals surface area contributed by atoms with Gasteiger partial charge in [-0.05, 0) is 44.2 Å². The molecule has 136 valence electrons. The summed E-state index contributed by atoms with van der Waals surface area (Å²) >= 11 is 0. The van der Waals surface area contributed by atoms with Crippen LogP contribution in [0, 0.1) is 25.2 Å². The smallest absolute Gasteiger partial charge is 0.267 e. The van der Waals surface area contributed by atoms with Gasteiger partial charge in [0.05, 0.1) is 36.4 Å². The summed E-state index contributed by atoms with van der Waals surface area (Å²) in [6, 6.07) is 9.74. The van der Waals surface area contributed by atoms with Crippen LogP contribution in [-0.2, 0) is 0 Å². The van der Waals surface area contributed by atoms with E-state index in [1.165, 1.54) is 0 Å². The van der Waals surface area contributed by atoms with Crippen LogP contribution in [-0.4, -0.2) is 45.6 Å². The molecule has 1 saturated heterocycles. The number of alkyl halides is 2. The van der Waals surface area contributed by atoms with Crippen LogP contribution in [0.5, 0.6) is 0 Å². The zero-order valence-electron chi connectivity index (χ0n) is 14.5. The molecule has 3 rings (SSSR count). The fourth-order valence-corrected chi connectivity index (χ4v) is 3.51. The van der Waals surface area contributed by atoms with Gasteiger partial charge in [-0.15, -0.1) is 0 Å². The van der Waals surface area contributed by atoms with Crippen molar-refractivity contribution in [2.24, 2.45) is 0 Å². The first kappa shape index (κ1) is 18.1. The Bertz CT molecular complexity index is 881. The van der Waals surface area contributed by atoms with E-state index in [0.29, 0.717) is 16.8 Å². The Morgan fingerprint density at radius 3 is 2.58 bits per heavy atom. The Morgan fingerprint density at radius 2 is 2.00 bits per heavy atom. The number of nitriles is 1. The lowest BCUT2D eigenvalue weighted by Crippen LogP contribution is -2.38. The van der Waals surface area contributed by atoms with E-state index < -0.39 is 37.4 Å². The Hall–Kier alpha value is -2.72. The summed E-state index contributed by atoms with van der Waals surface area (Å²) in [6.07, 6.45) is -0.524. The molecule has 1 atom stereocenters. The number of halogens is 2. The maximum absolute atomic E-state index is 13.7. The van der Waals surface area contributed by atoms with Crippen molar-refractivity contribution in [2.75, 3.05) is 13.2 Å². The first-order chi connectivity index (χ1) is 12.3. The molecule has 7 heteroatoms. The second-order valence-corrected chi connectivity index (χ2v) is 6.61. The quantitative estimate of drug-likeness (QED) is 0.916. The van der Waals surface area contributed by atoms with Crippen molar-refractivity contribution in [3.05, 3.63) is 52.8 Å². The lowest BCUT2D eigenvalue weighted by molar-refractivity contribution is 0.0116.